The summed E-state index contributed by atoms with van der Waals surface area (Å²) in [4.78, 5) is 15.9. The van der Waals surface area contributed by atoms with Crippen molar-refractivity contribution in [2.24, 2.45) is 0 Å². The Morgan fingerprint density at radius 1 is 1.03 bits per heavy atom. The number of hydrogen-bond acceptors (Lipinski definition) is 3. The molecule has 0 aliphatic heterocycles. The average Bonchev–Trinajstić information content (AvgIpc) is 3.18. The van der Waals surface area contributed by atoms with E-state index in [0.29, 0.717) is 30.5 Å². The van der Waals surface area contributed by atoms with Crippen LogP contribution in [0.15, 0.2) is 48.8 Å². The van der Waals surface area contributed by atoms with E-state index in [4.69, 9.17) is 0 Å². The summed E-state index contributed by atoms with van der Waals surface area (Å²) >= 11 is 0. The molecule has 0 spiro atoms. The number of carbonyl (C=O) groups is 1. The Kier molecular flexibility index (Phi) is 5.43. The number of carbonyl (C=O) groups excluding carboxylic acids is 1. The highest BCUT2D eigenvalue weighted by atomic mass is 19.4. The van der Waals surface area contributed by atoms with Crippen LogP contribution in [0.3, 0.4) is 0 Å². The molecule has 0 saturated heterocycles. The standard InChI is InChI=1S/C21H16F6N4O/c22-20(23,24)13-6-4-12(5-7-13)19(32)29-16-2-1-3-17-15(16)11-31(30-17)14-8-9-28-18(10-14)21(25,26)27/h4-11,16H,1-3H2,(H,29,32). The third kappa shape index (κ3) is 4.46. The van der Waals surface area contributed by atoms with Gasteiger partial charge in [-0.05, 0) is 55.7 Å². The van der Waals surface area contributed by atoms with Gasteiger partial charge in [0.1, 0.15) is 5.69 Å². The summed E-state index contributed by atoms with van der Waals surface area (Å²) in [6.45, 7) is 0. The summed E-state index contributed by atoms with van der Waals surface area (Å²) in [6, 6.07) is 5.67. The van der Waals surface area contributed by atoms with Crippen LogP contribution in [-0.2, 0) is 18.8 Å². The van der Waals surface area contributed by atoms with Gasteiger partial charge in [0, 0.05) is 23.5 Å². The maximum Gasteiger partial charge on any atom is 0.433 e. The predicted molar refractivity (Wildman–Crippen MR) is 101 cm³/mol. The Morgan fingerprint density at radius 3 is 2.41 bits per heavy atom. The van der Waals surface area contributed by atoms with Crippen molar-refractivity contribution in [1.82, 2.24) is 20.1 Å². The Bertz CT molecular complexity index is 1130. The zero-order valence-electron chi connectivity index (χ0n) is 16.3. The number of nitrogens with zero attached hydrogens (tertiary/aromatic N) is 3. The summed E-state index contributed by atoms with van der Waals surface area (Å²) in [5, 5.41) is 7.14. The largest absolute Gasteiger partial charge is 0.433 e. The van der Waals surface area contributed by atoms with Gasteiger partial charge in [0.2, 0.25) is 0 Å². The minimum absolute atomic E-state index is 0.0708. The Hall–Kier alpha value is -3.37. The molecule has 11 heteroatoms. The molecule has 1 aromatic carbocycles. The van der Waals surface area contributed by atoms with Gasteiger partial charge in [-0.1, -0.05) is 0 Å². The first-order chi connectivity index (χ1) is 15.0. The van der Waals surface area contributed by atoms with Crippen molar-refractivity contribution in [2.75, 3.05) is 0 Å². The number of aryl methyl sites for hydroxylation is 1. The maximum absolute atomic E-state index is 13.0. The molecule has 0 bridgehead atoms. The summed E-state index contributed by atoms with van der Waals surface area (Å²) < 4.78 is 78.4. The van der Waals surface area contributed by atoms with Crippen molar-refractivity contribution in [3.8, 4) is 5.69 Å². The molecule has 1 N–H and O–H groups in total. The smallest absolute Gasteiger partial charge is 0.345 e. The minimum Gasteiger partial charge on any atom is -0.345 e. The first kappa shape index (κ1) is 21.8. The summed E-state index contributed by atoms with van der Waals surface area (Å²) in [5.41, 5.74) is -0.362. The normalized spacial score (nSPS) is 16.5. The average molecular weight is 454 g/mol. The van der Waals surface area contributed by atoms with Crippen LogP contribution in [0.1, 0.15) is 51.8 Å². The van der Waals surface area contributed by atoms with Gasteiger partial charge in [-0.15, -0.1) is 0 Å². The highest BCUT2D eigenvalue weighted by Gasteiger charge is 2.33. The second kappa shape index (κ2) is 7.95. The van der Waals surface area contributed by atoms with E-state index < -0.39 is 35.6 Å². The van der Waals surface area contributed by atoms with Gasteiger partial charge in [0.05, 0.1) is 23.0 Å². The van der Waals surface area contributed by atoms with E-state index >= 15 is 0 Å². The number of halogens is 6. The molecule has 5 nitrogen and oxygen atoms in total. The maximum atomic E-state index is 13.0. The molecule has 32 heavy (non-hydrogen) atoms. The molecule has 0 radical (unpaired) electrons. The minimum atomic E-state index is -4.60. The predicted octanol–water partition coefficient (Wildman–Crippen LogP) is 5.11. The van der Waals surface area contributed by atoms with Crippen LogP contribution in [-0.4, -0.2) is 20.7 Å². The molecule has 3 aromatic rings. The number of rotatable bonds is 3. The van der Waals surface area contributed by atoms with Gasteiger partial charge in [-0.3, -0.25) is 9.78 Å². The Labute approximate surface area is 178 Å². The number of amides is 1. The zero-order valence-corrected chi connectivity index (χ0v) is 16.3. The van der Waals surface area contributed by atoms with Gasteiger partial charge in [0.15, 0.2) is 0 Å². The van der Waals surface area contributed by atoms with E-state index in [1.807, 2.05) is 0 Å². The van der Waals surface area contributed by atoms with Crippen molar-refractivity contribution in [3.63, 3.8) is 0 Å². The molecule has 168 valence electrons. The zero-order chi connectivity index (χ0) is 23.1. The van der Waals surface area contributed by atoms with Crippen LogP contribution in [0, 0.1) is 0 Å². The molecular weight excluding hydrogens is 438 g/mol. The molecule has 0 fully saturated rings. The van der Waals surface area contributed by atoms with Crippen molar-refractivity contribution >= 4 is 5.91 Å². The second-order valence-corrected chi connectivity index (χ2v) is 7.37. The fourth-order valence-electron chi connectivity index (χ4n) is 3.59. The number of aromatic nitrogens is 3. The van der Waals surface area contributed by atoms with Crippen LogP contribution in [0.4, 0.5) is 26.3 Å². The van der Waals surface area contributed by atoms with Crippen molar-refractivity contribution < 1.29 is 31.1 Å². The van der Waals surface area contributed by atoms with Gasteiger partial charge in [0.25, 0.3) is 5.91 Å². The third-order valence-electron chi connectivity index (χ3n) is 5.18. The van der Waals surface area contributed by atoms with Crippen molar-refractivity contribution in [3.05, 3.63) is 76.9 Å². The van der Waals surface area contributed by atoms with Crippen LogP contribution >= 0.6 is 0 Å². The van der Waals surface area contributed by atoms with Crippen LogP contribution in [0.25, 0.3) is 5.69 Å². The SMILES string of the molecule is O=C(NC1CCCc2nn(-c3ccnc(C(F)(F)F)c3)cc21)c1ccc(C(F)(F)F)cc1. The molecule has 2 aromatic heterocycles. The topological polar surface area (TPSA) is 59.8 Å². The van der Waals surface area contributed by atoms with E-state index in [1.54, 1.807) is 6.20 Å². The number of nitrogens with one attached hydrogen (secondary N) is 1. The van der Waals surface area contributed by atoms with Gasteiger partial charge in [-0.25, -0.2) is 4.68 Å². The lowest BCUT2D eigenvalue weighted by Gasteiger charge is -2.22. The Balaban J connectivity index is 1.56. The quantitative estimate of drug-likeness (QED) is 0.560. The van der Waals surface area contributed by atoms with E-state index in [2.05, 4.69) is 15.4 Å². The van der Waals surface area contributed by atoms with Crippen LogP contribution in [0.2, 0.25) is 0 Å². The van der Waals surface area contributed by atoms with Crippen LogP contribution in [0.5, 0.6) is 0 Å². The lowest BCUT2D eigenvalue weighted by Crippen LogP contribution is -2.30. The van der Waals surface area contributed by atoms with E-state index in [1.165, 1.54) is 10.7 Å². The lowest BCUT2D eigenvalue weighted by molar-refractivity contribution is -0.141. The molecule has 1 aliphatic rings. The molecule has 0 saturated carbocycles. The molecule has 1 unspecified atom stereocenters. The highest BCUT2D eigenvalue weighted by Crippen LogP contribution is 2.32. The summed E-state index contributed by atoms with van der Waals surface area (Å²) in [6.07, 6.45) is -4.65. The van der Waals surface area contributed by atoms with Gasteiger partial charge < -0.3 is 5.32 Å². The third-order valence-corrected chi connectivity index (χ3v) is 5.18. The highest BCUT2D eigenvalue weighted by molar-refractivity contribution is 5.94. The summed E-state index contributed by atoms with van der Waals surface area (Å²) in [5.74, 6) is -0.549. The summed E-state index contributed by atoms with van der Waals surface area (Å²) in [7, 11) is 0. The molecule has 1 amide bonds. The van der Waals surface area contributed by atoms with Crippen molar-refractivity contribution in [2.45, 2.75) is 37.7 Å². The first-order valence-electron chi connectivity index (χ1n) is 9.62. The number of fused-ring (bicyclic) bond motifs is 1. The molecule has 1 atom stereocenters. The monoisotopic (exact) mass is 454 g/mol. The fraction of sp³-hybridized carbons (Fsp3) is 0.286. The first-order valence-corrected chi connectivity index (χ1v) is 9.62. The lowest BCUT2D eigenvalue weighted by atomic mass is 9.93. The number of alkyl halides is 6. The molecule has 4 rings (SSSR count). The molecule has 1 aliphatic carbocycles. The van der Waals surface area contributed by atoms with E-state index in [-0.39, 0.29) is 11.3 Å². The fourth-order valence-corrected chi connectivity index (χ4v) is 3.59. The van der Waals surface area contributed by atoms with Gasteiger partial charge >= 0.3 is 12.4 Å². The van der Waals surface area contributed by atoms with Gasteiger partial charge in [-0.2, -0.15) is 31.4 Å². The van der Waals surface area contributed by atoms with E-state index in [9.17, 15) is 31.1 Å². The number of benzene rings is 1. The van der Waals surface area contributed by atoms with Crippen LogP contribution < -0.4 is 5.32 Å². The number of pyridine rings is 1. The number of hydrogen-bond donors (Lipinski definition) is 1. The van der Waals surface area contributed by atoms with Crippen molar-refractivity contribution in [1.29, 1.82) is 0 Å². The molecular formula is C21H16F6N4O. The van der Waals surface area contributed by atoms with E-state index in [0.717, 1.165) is 36.5 Å². The Morgan fingerprint density at radius 2 is 1.75 bits per heavy atom. The second-order valence-electron chi connectivity index (χ2n) is 7.37. The molecule has 2 heterocycles.